The molecule has 0 spiro atoms. The number of benzene rings is 2. The SMILES string of the molecule is CCOc1ccc(Br)cc1C(Cl)c1ccc(C)cc1Br. The van der Waals surface area contributed by atoms with E-state index in [4.69, 9.17) is 16.3 Å². The second-order valence-electron chi connectivity index (χ2n) is 4.50. The maximum absolute atomic E-state index is 6.67. The van der Waals surface area contributed by atoms with Crippen molar-refractivity contribution in [2.75, 3.05) is 6.61 Å². The molecule has 0 heterocycles. The predicted octanol–water partition coefficient (Wildman–Crippen LogP) is 6.25. The molecule has 4 heteroatoms. The highest BCUT2D eigenvalue weighted by molar-refractivity contribution is 9.10. The summed E-state index contributed by atoms with van der Waals surface area (Å²) in [4.78, 5) is 0. The van der Waals surface area contributed by atoms with Gasteiger partial charge in [0.2, 0.25) is 0 Å². The summed E-state index contributed by atoms with van der Waals surface area (Å²) in [5, 5.41) is -0.260. The van der Waals surface area contributed by atoms with Crippen LogP contribution in [0.5, 0.6) is 5.75 Å². The van der Waals surface area contributed by atoms with Crippen molar-refractivity contribution in [2.45, 2.75) is 19.2 Å². The lowest BCUT2D eigenvalue weighted by Crippen LogP contribution is -2.01. The summed E-state index contributed by atoms with van der Waals surface area (Å²) in [6, 6.07) is 12.1. The molecule has 0 radical (unpaired) electrons. The van der Waals surface area contributed by atoms with E-state index in [2.05, 4.69) is 50.9 Å². The molecular weight excluding hydrogens is 403 g/mol. The van der Waals surface area contributed by atoms with Crippen molar-refractivity contribution in [1.29, 1.82) is 0 Å². The zero-order valence-electron chi connectivity index (χ0n) is 11.3. The van der Waals surface area contributed by atoms with Gasteiger partial charge in [-0.1, -0.05) is 44.0 Å². The maximum atomic E-state index is 6.67. The third-order valence-corrected chi connectivity index (χ3v) is 4.62. The minimum absolute atomic E-state index is 0.260. The maximum Gasteiger partial charge on any atom is 0.124 e. The minimum Gasteiger partial charge on any atom is -0.494 e. The van der Waals surface area contributed by atoms with E-state index in [0.29, 0.717) is 6.61 Å². The number of hydrogen-bond acceptors (Lipinski definition) is 1. The summed E-state index contributed by atoms with van der Waals surface area (Å²) in [6.45, 7) is 4.65. The molecule has 1 nitrogen and oxygen atoms in total. The largest absolute Gasteiger partial charge is 0.494 e. The number of ether oxygens (including phenoxy) is 1. The van der Waals surface area contributed by atoms with Gasteiger partial charge < -0.3 is 4.74 Å². The minimum atomic E-state index is -0.260. The van der Waals surface area contributed by atoms with Gasteiger partial charge in [-0.2, -0.15) is 0 Å². The molecule has 106 valence electrons. The van der Waals surface area contributed by atoms with Crippen LogP contribution < -0.4 is 4.74 Å². The van der Waals surface area contributed by atoms with Crippen molar-refractivity contribution in [3.8, 4) is 5.75 Å². The van der Waals surface area contributed by atoms with Crippen LogP contribution in [0.4, 0.5) is 0 Å². The molecule has 2 rings (SSSR count). The van der Waals surface area contributed by atoms with E-state index in [1.165, 1.54) is 5.56 Å². The van der Waals surface area contributed by atoms with Crippen LogP contribution in [0.1, 0.15) is 29.0 Å². The molecular formula is C16H15Br2ClO. The Morgan fingerprint density at radius 1 is 1.10 bits per heavy atom. The van der Waals surface area contributed by atoms with E-state index in [1.807, 2.05) is 31.2 Å². The summed E-state index contributed by atoms with van der Waals surface area (Å²) < 4.78 is 7.68. The van der Waals surface area contributed by atoms with Crippen LogP contribution in [0.2, 0.25) is 0 Å². The molecule has 0 fully saturated rings. The summed E-state index contributed by atoms with van der Waals surface area (Å²) in [6.07, 6.45) is 0. The summed E-state index contributed by atoms with van der Waals surface area (Å²) in [5.41, 5.74) is 3.20. The van der Waals surface area contributed by atoms with Crippen molar-refractivity contribution in [1.82, 2.24) is 0 Å². The number of hydrogen-bond donors (Lipinski definition) is 0. The van der Waals surface area contributed by atoms with Gasteiger partial charge in [-0.25, -0.2) is 0 Å². The highest BCUT2D eigenvalue weighted by Crippen LogP contribution is 2.39. The summed E-state index contributed by atoms with van der Waals surface area (Å²) in [5.74, 6) is 0.822. The van der Waals surface area contributed by atoms with E-state index in [-0.39, 0.29) is 5.38 Å². The first-order valence-electron chi connectivity index (χ1n) is 6.35. The molecule has 0 saturated heterocycles. The Labute approximate surface area is 141 Å². The molecule has 0 N–H and O–H groups in total. The zero-order chi connectivity index (χ0) is 14.7. The molecule has 0 aromatic heterocycles. The van der Waals surface area contributed by atoms with Gasteiger partial charge in [-0.05, 0) is 49.2 Å². The Kier molecular flexibility index (Phi) is 5.53. The molecule has 0 saturated carbocycles. The molecule has 0 aliphatic rings. The van der Waals surface area contributed by atoms with E-state index in [9.17, 15) is 0 Å². The van der Waals surface area contributed by atoms with Gasteiger partial charge in [0.1, 0.15) is 5.75 Å². The summed E-state index contributed by atoms with van der Waals surface area (Å²) in [7, 11) is 0. The number of halogens is 3. The Hall–Kier alpha value is -0.510. The highest BCUT2D eigenvalue weighted by atomic mass is 79.9. The van der Waals surface area contributed by atoms with Gasteiger partial charge in [0.15, 0.2) is 0 Å². The van der Waals surface area contributed by atoms with Crippen molar-refractivity contribution < 1.29 is 4.74 Å². The first-order valence-corrected chi connectivity index (χ1v) is 8.37. The lowest BCUT2D eigenvalue weighted by molar-refractivity contribution is 0.337. The average Bonchev–Trinajstić information content (AvgIpc) is 2.40. The quantitative estimate of drug-likeness (QED) is 0.534. The van der Waals surface area contributed by atoms with Gasteiger partial charge in [-0.15, -0.1) is 11.6 Å². The van der Waals surface area contributed by atoms with Gasteiger partial charge in [0.05, 0.1) is 12.0 Å². The van der Waals surface area contributed by atoms with Crippen LogP contribution in [0.3, 0.4) is 0 Å². The third kappa shape index (κ3) is 3.57. The molecule has 0 aliphatic heterocycles. The number of alkyl halides is 1. The first kappa shape index (κ1) is 15.9. The van der Waals surface area contributed by atoms with Crippen LogP contribution in [0, 0.1) is 6.92 Å². The number of rotatable bonds is 4. The fourth-order valence-electron chi connectivity index (χ4n) is 2.01. The van der Waals surface area contributed by atoms with Gasteiger partial charge in [0.25, 0.3) is 0 Å². The van der Waals surface area contributed by atoms with Crippen LogP contribution in [-0.4, -0.2) is 6.61 Å². The second-order valence-corrected chi connectivity index (χ2v) is 6.71. The first-order chi connectivity index (χ1) is 9.52. The predicted molar refractivity (Wildman–Crippen MR) is 91.9 cm³/mol. The lowest BCUT2D eigenvalue weighted by atomic mass is 10.0. The van der Waals surface area contributed by atoms with Gasteiger partial charge >= 0.3 is 0 Å². The second kappa shape index (κ2) is 6.97. The third-order valence-electron chi connectivity index (χ3n) is 2.97. The van der Waals surface area contributed by atoms with E-state index < -0.39 is 0 Å². The van der Waals surface area contributed by atoms with E-state index >= 15 is 0 Å². The molecule has 2 aromatic rings. The van der Waals surface area contributed by atoms with Crippen LogP contribution >= 0.6 is 43.5 Å². The standard InChI is InChI=1S/C16H15Br2ClO/c1-3-20-15-7-5-11(17)9-13(15)16(19)12-6-4-10(2)8-14(12)18/h4-9,16H,3H2,1-2H3. The van der Waals surface area contributed by atoms with Crippen molar-refractivity contribution in [3.05, 3.63) is 62.0 Å². The van der Waals surface area contributed by atoms with Crippen molar-refractivity contribution in [3.63, 3.8) is 0 Å². The smallest absolute Gasteiger partial charge is 0.124 e. The van der Waals surface area contributed by atoms with Gasteiger partial charge in [0, 0.05) is 14.5 Å². The molecule has 2 aromatic carbocycles. The van der Waals surface area contributed by atoms with Crippen molar-refractivity contribution >= 4 is 43.5 Å². The average molecular weight is 419 g/mol. The Balaban J connectivity index is 2.46. The molecule has 1 atom stereocenters. The molecule has 0 amide bonds. The van der Waals surface area contributed by atoms with Gasteiger partial charge in [-0.3, -0.25) is 0 Å². The number of aryl methyl sites for hydroxylation is 1. The lowest BCUT2D eigenvalue weighted by Gasteiger charge is -2.17. The van der Waals surface area contributed by atoms with Crippen LogP contribution in [0.25, 0.3) is 0 Å². The topological polar surface area (TPSA) is 9.23 Å². The van der Waals surface area contributed by atoms with Crippen LogP contribution in [-0.2, 0) is 0 Å². The normalized spacial score (nSPS) is 12.2. The Morgan fingerprint density at radius 2 is 1.85 bits per heavy atom. The van der Waals surface area contributed by atoms with E-state index in [1.54, 1.807) is 0 Å². The Bertz CT molecular complexity index is 613. The van der Waals surface area contributed by atoms with Crippen LogP contribution in [0.15, 0.2) is 45.3 Å². The van der Waals surface area contributed by atoms with Crippen molar-refractivity contribution in [2.24, 2.45) is 0 Å². The molecule has 20 heavy (non-hydrogen) atoms. The summed E-state index contributed by atoms with van der Waals surface area (Å²) >= 11 is 13.8. The molecule has 0 bridgehead atoms. The fourth-order valence-corrected chi connectivity index (χ4v) is 3.60. The van der Waals surface area contributed by atoms with E-state index in [0.717, 1.165) is 25.8 Å². The Morgan fingerprint density at radius 3 is 2.50 bits per heavy atom. The highest BCUT2D eigenvalue weighted by Gasteiger charge is 2.18. The molecule has 1 unspecified atom stereocenters. The molecule has 0 aliphatic carbocycles. The fraction of sp³-hybridized carbons (Fsp3) is 0.250. The monoisotopic (exact) mass is 416 g/mol. The zero-order valence-corrected chi connectivity index (χ0v) is 15.2.